The molecule has 1 aromatic heterocycles. The summed E-state index contributed by atoms with van der Waals surface area (Å²) < 4.78 is 13.3. The Bertz CT molecular complexity index is 1120. The van der Waals surface area contributed by atoms with Gasteiger partial charge in [-0.25, -0.2) is 9.37 Å². The Morgan fingerprint density at radius 2 is 1.68 bits per heavy atom. The number of hydrogen-bond donors (Lipinski definition) is 0. The highest BCUT2D eigenvalue weighted by atomic mass is 35.5. The van der Waals surface area contributed by atoms with Crippen molar-refractivity contribution in [1.82, 2.24) is 14.8 Å². The van der Waals surface area contributed by atoms with E-state index in [4.69, 9.17) is 11.6 Å². The van der Waals surface area contributed by atoms with E-state index in [9.17, 15) is 9.18 Å². The lowest BCUT2D eigenvalue weighted by atomic mass is 9.88. The molecule has 2 aliphatic heterocycles. The summed E-state index contributed by atoms with van der Waals surface area (Å²) in [4.78, 5) is 24.1. The van der Waals surface area contributed by atoms with E-state index in [2.05, 4.69) is 39.0 Å². The first kappa shape index (κ1) is 22.8. The highest BCUT2D eigenvalue weighted by molar-refractivity contribution is 6.32. The van der Waals surface area contributed by atoms with Crippen LogP contribution in [0.3, 0.4) is 0 Å². The molecule has 0 N–H and O–H groups in total. The van der Waals surface area contributed by atoms with E-state index in [-0.39, 0.29) is 22.8 Å². The van der Waals surface area contributed by atoms with Crippen molar-refractivity contribution in [3.05, 3.63) is 95.0 Å². The van der Waals surface area contributed by atoms with Crippen molar-refractivity contribution in [2.45, 2.75) is 5.92 Å². The van der Waals surface area contributed by atoms with E-state index in [0.29, 0.717) is 24.6 Å². The molecule has 0 radical (unpaired) electrons. The standard InChI is InChI=1S/C27H28ClFN4O/c28-26-24(7-4-12-30-26)27(34)33-18-21(25(19-33)20-5-2-1-3-6-20)17-31-13-15-32(16-14-31)23-10-8-22(29)9-11-23/h1-12,21,25H,13-19H2/t21-,25+/m0/s1. The molecule has 0 unspecified atom stereocenters. The minimum absolute atomic E-state index is 0.0531. The van der Waals surface area contributed by atoms with Crippen LogP contribution in [0, 0.1) is 11.7 Å². The van der Waals surface area contributed by atoms with Gasteiger partial charge in [-0.05, 0) is 47.9 Å². The van der Waals surface area contributed by atoms with Gasteiger partial charge in [0.2, 0.25) is 0 Å². The maximum absolute atomic E-state index is 13.3. The molecular weight excluding hydrogens is 451 g/mol. The van der Waals surface area contributed by atoms with Gasteiger partial charge in [0.05, 0.1) is 5.56 Å². The molecule has 3 heterocycles. The largest absolute Gasteiger partial charge is 0.369 e. The molecule has 0 bridgehead atoms. The van der Waals surface area contributed by atoms with Gasteiger partial charge in [-0.3, -0.25) is 9.69 Å². The smallest absolute Gasteiger partial charge is 0.257 e. The number of pyridine rings is 1. The number of benzene rings is 2. The lowest BCUT2D eigenvalue weighted by Crippen LogP contribution is -2.48. The third-order valence-electron chi connectivity index (χ3n) is 7.00. The maximum atomic E-state index is 13.3. The summed E-state index contributed by atoms with van der Waals surface area (Å²) in [6, 6.07) is 20.7. The van der Waals surface area contributed by atoms with Gasteiger partial charge in [-0.2, -0.15) is 0 Å². The molecule has 0 spiro atoms. The minimum Gasteiger partial charge on any atom is -0.369 e. The first-order valence-corrected chi connectivity index (χ1v) is 12.1. The Labute approximate surface area is 204 Å². The first-order valence-electron chi connectivity index (χ1n) is 11.8. The van der Waals surface area contributed by atoms with E-state index in [1.807, 2.05) is 23.1 Å². The predicted molar refractivity (Wildman–Crippen MR) is 133 cm³/mol. The second-order valence-electron chi connectivity index (χ2n) is 9.09. The number of aromatic nitrogens is 1. The number of amides is 1. The summed E-state index contributed by atoms with van der Waals surface area (Å²) >= 11 is 6.22. The zero-order chi connectivity index (χ0) is 23.5. The average molecular weight is 479 g/mol. The number of hydrogen-bond acceptors (Lipinski definition) is 4. The molecular formula is C27H28ClFN4O. The summed E-state index contributed by atoms with van der Waals surface area (Å²) in [5.41, 5.74) is 2.80. The van der Waals surface area contributed by atoms with Crippen molar-refractivity contribution in [2.24, 2.45) is 5.92 Å². The number of rotatable bonds is 5. The van der Waals surface area contributed by atoms with Gasteiger partial charge >= 0.3 is 0 Å². The quantitative estimate of drug-likeness (QED) is 0.504. The Morgan fingerprint density at radius 1 is 0.941 bits per heavy atom. The molecule has 176 valence electrons. The Morgan fingerprint density at radius 3 is 2.38 bits per heavy atom. The Hall–Kier alpha value is -2.96. The highest BCUT2D eigenvalue weighted by Gasteiger charge is 2.38. The monoisotopic (exact) mass is 478 g/mol. The number of likely N-dealkylation sites (tertiary alicyclic amines) is 1. The van der Waals surface area contributed by atoms with Crippen LogP contribution in [0.25, 0.3) is 0 Å². The van der Waals surface area contributed by atoms with Gasteiger partial charge in [-0.15, -0.1) is 0 Å². The van der Waals surface area contributed by atoms with Crippen molar-refractivity contribution < 1.29 is 9.18 Å². The van der Waals surface area contributed by atoms with Crippen molar-refractivity contribution in [3.63, 3.8) is 0 Å². The van der Waals surface area contributed by atoms with Crippen LogP contribution in [0.15, 0.2) is 72.9 Å². The topological polar surface area (TPSA) is 39.7 Å². The fourth-order valence-electron chi connectivity index (χ4n) is 5.19. The maximum Gasteiger partial charge on any atom is 0.257 e. The van der Waals surface area contributed by atoms with E-state index < -0.39 is 0 Å². The molecule has 1 amide bonds. The van der Waals surface area contributed by atoms with Crippen molar-refractivity contribution >= 4 is 23.2 Å². The number of carbonyl (C=O) groups is 1. The van der Waals surface area contributed by atoms with Crippen LogP contribution in [-0.4, -0.2) is 66.5 Å². The highest BCUT2D eigenvalue weighted by Crippen LogP contribution is 2.35. The zero-order valence-corrected chi connectivity index (χ0v) is 19.7. The lowest BCUT2D eigenvalue weighted by molar-refractivity contribution is 0.0782. The molecule has 2 aromatic carbocycles. The van der Waals surface area contributed by atoms with Crippen LogP contribution in [0.5, 0.6) is 0 Å². The van der Waals surface area contributed by atoms with E-state index >= 15 is 0 Å². The van der Waals surface area contributed by atoms with Crippen molar-refractivity contribution in [2.75, 3.05) is 50.7 Å². The van der Waals surface area contributed by atoms with Crippen LogP contribution >= 0.6 is 11.6 Å². The van der Waals surface area contributed by atoms with Crippen LogP contribution in [-0.2, 0) is 0 Å². The normalized spacial score (nSPS) is 21.1. The molecule has 3 aromatic rings. The van der Waals surface area contributed by atoms with E-state index in [1.165, 1.54) is 17.7 Å². The molecule has 2 aliphatic rings. The van der Waals surface area contributed by atoms with Gasteiger partial charge in [0, 0.05) is 63.6 Å². The summed E-state index contributed by atoms with van der Waals surface area (Å²) in [6.45, 7) is 6.00. The number of piperazine rings is 1. The lowest BCUT2D eigenvalue weighted by Gasteiger charge is -2.37. The van der Waals surface area contributed by atoms with Gasteiger partial charge < -0.3 is 9.80 Å². The molecule has 5 nitrogen and oxygen atoms in total. The SMILES string of the molecule is O=C(c1cccnc1Cl)N1C[C@H](CN2CCN(c3ccc(F)cc3)CC2)[C@@H](c2ccccc2)C1. The molecule has 2 saturated heterocycles. The van der Waals surface area contributed by atoms with Crippen molar-refractivity contribution in [1.29, 1.82) is 0 Å². The number of nitrogens with zero attached hydrogens (tertiary/aromatic N) is 4. The second kappa shape index (κ2) is 10.1. The number of halogens is 2. The molecule has 2 fully saturated rings. The van der Waals surface area contributed by atoms with E-state index in [1.54, 1.807) is 18.3 Å². The Balaban J connectivity index is 1.28. The zero-order valence-electron chi connectivity index (χ0n) is 19.0. The molecule has 2 atom stereocenters. The summed E-state index contributed by atoms with van der Waals surface area (Å²) in [5, 5.41) is 0.254. The minimum atomic E-state index is -0.206. The van der Waals surface area contributed by atoms with Crippen molar-refractivity contribution in [3.8, 4) is 0 Å². The van der Waals surface area contributed by atoms with Crippen LogP contribution in [0.2, 0.25) is 5.15 Å². The Kier molecular flexibility index (Phi) is 6.79. The van der Waals surface area contributed by atoms with Gasteiger partial charge in [-0.1, -0.05) is 41.9 Å². The van der Waals surface area contributed by atoms with E-state index in [0.717, 1.165) is 38.4 Å². The molecule has 0 saturated carbocycles. The third kappa shape index (κ3) is 4.93. The number of carbonyl (C=O) groups excluding carboxylic acids is 1. The predicted octanol–water partition coefficient (Wildman–Crippen LogP) is 4.55. The summed E-state index contributed by atoms with van der Waals surface area (Å²) in [5.74, 6) is 0.347. The van der Waals surface area contributed by atoms with Gasteiger partial charge in [0.15, 0.2) is 0 Å². The summed E-state index contributed by atoms with van der Waals surface area (Å²) in [6.07, 6.45) is 1.60. The molecule has 0 aliphatic carbocycles. The average Bonchev–Trinajstić information content (AvgIpc) is 3.29. The van der Waals surface area contributed by atoms with Crippen LogP contribution < -0.4 is 4.90 Å². The first-order chi connectivity index (χ1) is 16.6. The summed E-state index contributed by atoms with van der Waals surface area (Å²) in [7, 11) is 0. The molecule has 34 heavy (non-hydrogen) atoms. The van der Waals surface area contributed by atoms with Gasteiger partial charge in [0.1, 0.15) is 11.0 Å². The molecule has 5 rings (SSSR count). The van der Waals surface area contributed by atoms with Crippen LogP contribution in [0.1, 0.15) is 21.8 Å². The van der Waals surface area contributed by atoms with Crippen LogP contribution in [0.4, 0.5) is 10.1 Å². The fraction of sp³-hybridized carbons (Fsp3) is 0.333. The fourth-order valence-corrected chi connectivity index (χ4v) is 5.39. The second-order valence-corrected chi connectivity index (χ2v) is 9.45. The van der Waals surface area contributed by atoms with Gasteiger partial charge in [0.25, 0.3) is 5.91 Å². The molecule has 7 heteroatoms. The number of anilines is 1. The third-order valence-corrected chi connectivity index (χ3v) is 7.30.